The Morgan fingerprint density at radius 3 is 2.44 bits per heavy atom. The Morgan fingerprint density at radius 1 is 1.08 bits per heavy atom. The fraction of sp³-hybridized carbons (Fsp3) is 0.0588. The number of hydrazone groups is 1. The standard InChI is InChI=1S/C17H14ClN3O4/c1-25-17(24)12-7-5-11(6-8-12)10-19-21-16(23)15(22)20-14-4-2-3-13(18)9-14/h2-10H,1H3,(H,20,22)(H,21,23)/b19-10+. The Morgan fingerprint density at radius 2 is 1.80 bits per heavy atom. The molecule has 0 heterocycles. The maximum atomic E-state index is 11.7. The number of esters is 1. The number of carbonyl (C=O) groups excluding carboxylic acids is 3. The molecule has 2 rings (SSSR count). The maximum Gasteiger partial charge on any atom is 0.337 e. The van der Waals surface area contributed by atoms with Crippen LogP contribution in [0.3, 0.4) is 0 Å². The smallest absolute Gasteiger partial charge is 0.337 e. The molecule has 0 saturated heterocycles. The van der Waals surface area contributed by atoms with Crippen molar-refractivity contribution in [1.29, 1.82) is 0 Å². The zero-order valence-corrected chi connectivity index (χ0v) is 13.9. The highest BCUT2D eigenvalue weighted by Crippen LogP contribution is 2.14. The van der Waals surface area contributed by atoms with Crippen LogP contribution >= 0.6 is 11.6 Å². The third kappa shape index (κ3) is 5.43. The van der Waals surface area contributed by atoms with Crippen LogP contribution in [0.4, 0.5) is 5.69 Å². The molecule has 0 aliphatic rings. The fourth-order valence-corrected chi connectivity index (χ4v) is 1.98. The molecule has 2 N–H and O–H groups in total. The second kappa shape index (κ2) is 8.60. The first-order chi connectivity index (χ1) is 12.0. The van der Waals surface area contributed by atoms with Gasteiger partial charge in [0.05, 0.1) is 18.9 Å². The van der Waals surface area contributed by atoms with Gasteiger partial charge in [0.25, 0.3) is 0 Å². The number of rotatable bonds is 4. The summed E-state index contributed by atoms with van der Waals surface area (Å²) in [5, 5.41) is 6.52. The summed E-state index contributed by atoms with van der Waals surface area (Å²) in [5.41, 5.74) is 3.53. The number of benzene rings is 2. The highest BCUT2D eigenvalue weighted by molar-refractivity contribution is 6.39. The van der Waals surface area contributed by atoms with Crippen molar-refractivity contribution in [2.75, 3.05) is 12.4 Å². The summed E-state index contributed by atoms with van der Waals surface area (Å²) >= 11 is 5.79. The lowest BCUT2D eigenvalue weighted by Crippen LogP contribution is -2.32. The average Bonchev–Trinajstić information content (AvgIpc) is 2.61. The van der Waals surface area contributed by atoms with Gasteiger partial charge in [0.1, 0.15) is 0 Å². The predicted molar refractivity (Wildman–Crippen MR) is 93.6 cm³/mol. The SMILES string of the molecule is COC(=O)c1ccc(/C=N/NC(=O)C(=O)Nc2cccc(Cl)c2)cc1. The molecule has 0 atom stereocenters. The van der Waals surface area contributed by atoms with Crippen molar-refractivity contribution in [2.45, 2.75) is 0 Å². The molecule has 7 nitrogen and oxygen atoms in total. The monoisotopic (exact) mass is 359 g/mol. The number of nitrogens with zero attached hydrogens (tertiary/aromatic N) is 1. The topological polar surface area (TPSA) is 96.9 Å². The Balaban J connectivity index is 1.89. The summed E-state index contributed by atoms with van der Waals surface area (Å²) in [6.45, 7) is 0. The van der Waals surface area contributed by atoms with Gasteiger partial charge in [-0.3, -0.25) is 9.59 Å². The van der Waals surface area contributed by atoms with E-state index in [1.54, 1.807) is 42.5 Å². The molecule has 0 radical (unpaired) electrons. The van der Waals surface area contributed by atoms with E-state index in [1.165, 1.54) is 19.4 Å². The minimum Gasteiger partial charge on any atom is -0.465 e. The lowest BCUT2D eigenvalue weighted by Gasteiger charge is -2.04. The quantitative estimate of drug-likeness (QED) is 0.378. The molecule has 0 fully saturated rings. The molecule has 0 bridgehead atoms. The molecule has 2 aromatic rings. The first-order valence-corrected chi connectivity index (χ1v) is 7.45. The van der Waals surface area contributed by atoms with Gasteiger partial charge in [0.15, 0.2) is 0 Å². The average molecular weight is 360 g/mol. The molecule has 0 aliphatic carbocycles. The van der Waals surface area contributed by atoms with Crippen LogP contribution in [-0.4, -0.2) is 31.1 Å². The van der Waals surface area contributed by atoms with Crippen LogP contribution < -0.4 is 10.7 Å². The van der Waals surface area contributed by atoms with Crippen molar-refractivity contribution < 1.29 is 19.1 Å². The van der Waals surface area contributed by atoms with Gasteiger partial charge >= 0.3 is 17.8 Å². The van der Waals surface area contributed by atoms with Gasteiger partial charge in [0.2, 0.25) is 0 Å². The third-order valence-corrected chi connectivity index (χ3v) is 3.24. The number of hydrogen-bond donors (Lipinski definition) is 2. The van der Waals surface area contributed by atoms with Gasteiger partial charge in [0, 0.05) is 10.7 Å². The van der Waals surface area contributed by atoms with Crippen molar-refractivity contribution in [3.63, 3.8) is 0 Å². The minimum atomic E-state index is -0.928. The molecule has 2 aromatic carbocycles. The number of carbonyl (C=O) groups is 3. The van der Waals surface area contributed by atoms with Crippen LogP contribution in [0, 0.1) is 0 Å². The molecule has 0 spiro atoms. The van der Waals surface area contributed by atoms with Crippen LogP contribution in [0.25, 0.3) is 0 Å². The van der Waals surface area contributed by atoms with Crippen LogP contribution in [0.1, 0.15) is 15.9 Å². The van der Waals surface area contributed by atoms with Crippen molar-refractivity contribution in [3.8, 4) is 0 Å². The second-order valence-corrected chi connectivity index (χ2v) is 5.21. The van der Waals surface area contributed by atoms with Crippen molar-refractivity contribution >= 4 is 41.3 Å². The molecule has 8 heteroatoms. The molecule has 0 saturated carbocycles. The Kier molecular flexibility index (Phi) is 6.25. The van der Waals surface area contributed by atoms with Crippen molar-refractivity contribution in [1.82, 2.24) is 5.43 Å². The van der Waals surface area contributed by atoms with Gasteiger partial charge in [-0.05, 0) is 35.9 Å². The van der Waals surface area contributed by atoms with Crippen molar-refractivity contribution in [2.24, 2.45) is 5.10 Å². The van der Waals surface area contributed by atoms with Gasteiger partial charge in [-0.2, -0.15) is 5.10 Å². The number of ether oxygens (including phenoxy) is 1. The molecule has 0 aromatic heterocycles. The summed E-state index contributed by atoms with van der Waals surface area (Å²) in [6.07, 6.45) is 1.34. The third-order valence-electron chi connectivity index (χ3n) is 3.00. The van der Waals surface area contributed by atoms with Crippen LogP contribution in [0.2, 0.25) is 5.02 Å². The molecule has 0 aliphatic heterocycles. The molecular formula is C17H14ClN3O4. The van der Waals surface area contributed by atoms with E-state index >= 15 is 0 Å². The summed E-state index contributed by atoms with van der Waals surface area (Å²) in [4.78, 5) is 34.7. The molecular weight excluding hydrogens is 346 g/mol. The number of methoxy groups -OCH3 is 1. The van der Waals surface area contributed by atoms with Crippen molar-refractivity contribution in [3.05, 3.63) is 64.7 Å². The Labute approximate surface area is 148 Å². The second-order valence-electron chi connectivity index (χ2n) is 4.78. The number of amides is 2. The van der Waals surface area contributed by atoms with E-state index in [4.69, 9.17) is 11.6 Å². The summed E-state index contributed by atoms with van der Waals surface area (Å²) in [7, 11) is 1.29. The zero-order valence-electron chi connectivity index (χ0n) is 13.2. The first kappa shape index (κ1) is 18.2. The lowest BCUT2D eigenvalue weighted by atomic mass is 10.1. The van der Waals surface area contributed by atoms with E-state index in [0.717, 1.165) is 0 Å². The lowest BCUT2D eigenvalue weighted by molar-refractivity contribution is -0.136. The van der Waals surface area contributed by atoms with Crippen LogP contribution in [-0.2, 0) is 14.3 Å². The Bertz CT molecular complexity index is 819. The van der Waals surface area contributed by atoms with Gasteiger partial charge < -0.3 is 10.1 Å². The van der Waals surface area contributed by atoms with Crippen LogP contribution in [0.5, 0.6) is 0 Å². The summed E-state index contributed by atoms with van der Waals surface area (Å²) in [6, 6.07) is 12.8. The number of nitrogens with one attached hydrogen (secondary N) is 2. The molecule has 0 unspecified atom stereocenters. The van der Waals surface area contributed by atoms with E-state index in [1.807, 2.05) is 0 Å². The van der Waals surface area contributed by atoms with Crippen LogP contribution in [0.15, 0.2) is 53.6 Å². The normalized spacial score (nSPS) is 10.3. The van der Waals surface area contributed by atoms with E-state index in [2.05, 4.69) is 20.6 Å². The van der Waals surface area contributed by atoms with E-state index < -0.39 is 17.8 Å². The van der Waals surface area contributed by atoms with E-state index in [9.17, 15) is 14.4 Å². The first-order valence-electron chi connectivity index (χ1n) is 7.08. The van der Waals surface area contributed by atoms with E-state index in [0.29, 0.717) is 21.8 Å². The minimum absolute atomic E-state index is 0.393. The van der Waals surface area contributed by atoms with E-state index in [-0.39, 0.29) is 0 Å². The van der Waals surface area contributed by atoms with Gasteiger partial charge in [-0.25, -0.2) is 10.2 Å². The molecule has 128 valence electrons. The fourth-order valence-electron chi connectivity index (χ4n) is 1.79. The number of hydrogen-bond acceptors (Lipinski definition) is 5. The number of anilines is 1. The highest BCUT2D eigenvalue weighted by Gasteiger charge is 2.12. The number of halogens is 1. The maximum absolute atomic E-state index is 11.7. The highest BCUT2D eigenvalue weighted by atomic mass is 35.5. The molecule has 2 amide bonds. The predicted octanol–water partition coefficient (Wildman–Crippen LogP) is 2.22. The Hall–Kier alpha value is -3.19. The van der Waals surface area contributed by atoms with Gasteiger partial charge in [-0.15, -0.1) is 0 Å². The summed E-state index contributed by atoms with van der Waals surface area (Å²) in [5.74, 6) is -2.25. The summed E-state index contributed by atoms with van der Waals surface area (Å²) < 4.78 is 4.59. The molecule has 25 heavy (non-hydrogen) atoms. The zero-order chi connectivity index (χ0) is 18.2. The van der Waals surface area contributed by atoms with Gasteiger partial charge in [-0.1, -0.05) is 29.8 Å². The largest absolute Gasteiger partial charge is 0.465 e.